The third kappa shape index (κ3) is 4.68. The number of benzene rings is 3. The van der Waals surface area contributed by atoms with Crippen molar-refractivity contribution in [1.29, 1.82) is 0 Å². The van der Waals surface area contributed by atoms with Crippen molar-refractivity contribution in [3.8, 4) is 16.3 Å². The molecule has 4 heterocycles. The van der Waals surface area contributed by atoms with Crippen LogP contribution in [0.25, 0.3) is 31.8 Å². The van der Waals surface area contributed by atoms with Crippen LogP contribution in [0.5, 0.6) is 5.75 Å². The summed E-state index contributed by atoms with van der Waals surface area (Å²) in [5, 5.41) is 5.79. The first-order valence-corrected chi connectivity index (χ1v) is 15.0. The molecule has 0 fully saturated rings. The number of carbonyl (C=O) groups excluding carboxylic acids is 1. The van der Waals surface area contributed by atoms with Gasteiger partial charge in [0.2, 0.25) is 0 Å². The SMILES string of the molecule is CCOc1cccc2cc(C(=O)Nc3sc4c(c3-c3nc5ccccc5s3)CCN(Cc3ccccc3)C4)oc12. The van der Waals surface area contributed by atoms with Gasteiger partial charge in [-0.25, -0.2) is 4.98 Å². The summed E-state index contributed by atoms with van der Waals surface area (Å²) in [6.45, 7) is 5.14. The Balaban J connectivity index is 1.25. The zero-order valence-electron chi connectivity index (χ0n) is 22.0. The number of nitrogens with one attached hydrogen (secondary N) is 1. The van der Waals surface area contributed by atoms with E-state index in [1.807, 2.05) is 43.3 Å². The number of nitrogens with zero attached hydrogens (tertiary/aromatic N) is 2. The number of aromatic nitrogens is 1. The Hall–Kier alpha value is -3.98. The number of carbonyl (C=O) groups is 1. The van der Waals surface area contributed by atoms with Crippen molar-refractivity contribution in [1.82, 2.24) is 9.88 Å². The second-order valence-corrected chi connectivity index (χ2v) is 11.9. The van der Waals surface area contributed by atoms with E-state index in [2.05, 4.69) is 46.6 Å². The minimum absolute atomic E-state index is 0.259. The summed E-state index contributed by atoms with van der Waals surface area (Å²) in [5.41, 5.74) is 5.19. The lowest BCUT2D eigenvalue weighted by Crippen LogP contribution is -2.29. The van der Waals surface area contributed by atoms with Crippen molar-refractivity contribution >= 4 is 54.8 Å². The summed E-state index contributed by atoms with van der Waals surface area (Å²) < 4.78 is 12.9. The number of amides is 1. The van der Waals surface area contributed by atoms with Crippen LogP contribution in [0.15, 0.2) is 83.3 Å². The van der Waals surface area contributed by atoms with Gasteiger partial charge in [0.05, 0.1) is 16.8 Å². The fourth-order valence-corrected chi connectivity index (χ4v) is 7.70. The largest absolute Gasteiger partial charge is 0.490 e. The molecule has 7 rings (SSSR count). The summed E-state index contributed by atoms with van der Waals surface area (Å²) in [6.07, 6.45) is 0.905. The molecule has 0 bridgehead atoms. The molecule has 3 aromatic carbocycles. The highest BCUT2D eigenvalue weighted by atomic mass is 32.1. The molecule has 0 saturated carbocycles. The average Bonchev–Trinajstić information content (AvgIpc) is 3.68. The van der Waals surface area contributed by atoms with Crippen molar-refractivity contribution in [2.75, 3.05) is 18.5 Å². The number of fused-ring (bicyclic) bond motifs is 3. The summed E-state index contributed by atoms with van der Waals surface area (Å²) in [6, 6.07) is 26.2. The number of para-hydroxylation sites is 2. The zero-order chi connectivity index (χ0) is 27.1. The lowest BCUT2D eigenvalue weighted by molar-refractivity contribution is 0.0999. The Morgan fingerprint density at radius 2 is 1.90 bits per heavy atom. The fraction of sp³-hybridized carbons (Fsp3) is 0.188. The van der Waals surface area contributed by atoms with E-state index < -0.39 is 0 Å². The van der Waals surface area contributed by atoms with Gasteiger partial charge in [0, 0.05) is 35.5 Å². The van der Waals surface area contributed by atoms with E-state index in [1.165, 1.54) is 16.0 Å². The highest BCUT2D eigenvalue weighted by Crippen LogP contribution is 2.46. The molecule has 6 nitrogen and oxygen atoms in total. The number of furan rings is 1. The monoisotopic (exact) mass is 565 g/mol. The van der Waals surface area contributed by atoms with E-state index >= 15 is 0 Å². The number of rotatable bonds is 7. The van der Waals surface area contributed by atoms with Crippen molar-refractivity contribution in [2.24, 2.45) is 0 Å². The molecule has 0 saturated heterocycles. The topological polar surface area (TPSA) is 67.6 Å². The predicted octanol–water partition coefficient (Wildman–Crippen LogP) is 7.98. The molecule has 200 valence electrons. The van der Waals surface area contributed by atoms with Crippen LogP contribution in [-0.4, -0.2) is 28.9 Å². The molecule has 40 heavy (non-hydrogen) atoms. The molecule has 0 aliphatic carbocycles. The van der Waals surface area contributed by atoms with E-state index in [1.54, 1.807) is 28.7 Å². The van der Waals surface area contributed by atoms with Gasteiger partial charge in [-0.15, -0.1) is 22.7 Å². The first kappa shape index (κ1) is 25.0. The summed E-state index contributed by atoms with van der Waals surface area (Å²) in [4.78, 5) is 22.3. The Morgan fingerprint density at radius 1 is 1.05 bits per heavy atom. The molecule has 1 aliphatic heterocycles. The quantitative estimate of drug-likeness (QED) is 0.213. The minimum atomic E-state index is -0.277. The van der Waals surface area contributed by atoms with E-state index in [0.29, 0.717) is 17.9 Å². The van der Waals surface area contributed by atoms with Crippen LogP contribution < -0.4 is 10.1 Å². The predicted molar refractivity (Wildman–Crippen MR) is 163 cm³/mol. The maximum absolute atomic E-state index is 13.6. The van der Waals surface area contributed by atoms with Crippen LogP contribution in [0.1, 0.15) is 33.5 Å². The molecule has 1 N–H and O–H groups in total. The number of thiophene rings is 1. The van der Waals surface area contributed by atoms with Crippen LogP contribution >= 0.6 is 22.7 Å². The van der Waals surface area contributed by atoms with Gasteiger partial charge < -0.3 is 14.5 Å². The summed E-state index contributed by atoms with van der Waals surface area (Å²) >= 11 is 3.32. The standard InChI is InChI=1S/C32H27N3O3S2/c1-2-37-24-13-8-11-21-17-25(38-29(21)24)30(36)34-32-28(31-33-23-12-6-7-14-26(23)39-31)22-15-16-35(19-27(22)40-32)18-20-9-4-3-5-10-20/h3-14,17H,2,15-16,18-19H2,1H3,(H,34,36). The highest BCUT2D eigenvalue weighted by Gasteiger charge is 2.28. The molecule has 0 spiro atoms. The number of ether oxygens (including phenoxy) is 1. The smallest absolute Gasteiger partial charge is 0.292 e. The molecule has 0 radical (unpaired) electrons. The van der Waals surface area contributed by atoms with Gasteiger partial charge in [-0.2, -0.15) is 0 Å². The molecule has 3 aromatic heterocycles. The van der Waals surface area contributed by atoms with E-state index in [9.17, 15) is 4.79 Å². The van der Waals surface area contributed by atoms with Gasteiger partial charge in [0.15, 0.2) is 17.1 Å². The molecular formula is C32H27N3O3S2. The van der Waals surface area contributed by atoms with Crippen molar-refractivity contribution in [3.05, 3.63) is 101 Å². The number of hydrogen-bond acceptors (Lipinski definition) is 7. The van der Waals surface area contributed by atoms with Gasteiger partial charge in [-0.05, 0) is 48.7 Å². The molecule has 1 amide bonds. The van der Waals surface area contributed by atoms with Gasteiger partial charge >= 0.3 is 0 Å². The van der Waals surface area contributed by atoms with Crippen molar-refractivity contribution in [2.45, 2.75) is 26.4 Å². The first-order valence-electron chi connectivity index (χ1n) is 13.4. The van der Waals surface area contributed by atoms with Gasteiger partial charge in [0.1, 0.15) is 10.0 Å². The van der Waals surface area contributed by atoms with E-state index in [-0.39, 0.29) is 11.7 Å². The zero-order valence-corrected chi connectivity index (χ0v) is 23.6. The Morgan fingerprint density at radius 3 is 2.75 bits per heavy atom. The van der Waals surface area contributed by atoms with Gasteiger partial charge in [-0.3, -0.25) is 9.69 Å². The Labute approximate surface area is 239 Å². The van der Waals surface area contributed by atoms with E-state index in [0.717, 1.165) is 57.2 Å². The normalized spacial score (nSPS) is 13.5. The van der Waals surface area contributed by atoms with Gasteiger partial charge in [0.25, 0.3) is 5.91 Å². The molecule has 6 aromatic rings. The third-order valence-electron chi connectivity index (χ3n) is 7.15. The second kappa shape index (κ2) is 10.5. The number of hydrogen-bond donors (Lipinski definition) is 1. The number of anilines is 1. The van der Waals surface area contributed by atoms with Crippen LogP contribution in [0.3, 0.4) is 0 Å². The Kier molecular flexibility index (Phi) is 6.59. The van der Waals surface area contributed by atoms with E-state index in [4.69, 9.17) is 14.1 Å². The summed E-state index contributed by atoms with van der Waals surface area (Å²) in [7, 11) is 0. The molecule has 0 unspecified atom stereocenters. The lowest BCUT2D eigenvalue weighted by atomic mass is 10.0. The van der Waals surface area contributed by atoms with Gasteiger partial charge in [-0.1, -0.05) is 54.6 Å². The Bertz CT molecular complexity index is 1800. The average molecular weight is 566 g/mol. The molecule has 8 heteroatoms. The second-order valence-electron chi connectivity index (χ2n) is 9.81. The maximum atomic E-state index is 13.6. The minimum Gasteiger partial charge on any atom is -0.490 e. The summed E-state index contributed by atoms with van der Waals surface area (Å²) in [5.74, 6) is 0.620. The van der Waals surface area contributed by atoms with Crippen molar-refractivity contribution < 1.29 is 13.9 Å². The molecule has 1 aliphatic rings. The number of thiazole rings is 1. The lowest BCUT2D eigenvalue weighted by Gasteiger charge is -2.27. The third-order valence-corrected chi connectivity index (χ3v) is 9.34. The van der Waals surface area contributed by atoms with Crippen LogP contribution in [0.4, 0.5) is 5.00 Å². The first-order chi connectivity index (χ1) is 19.7. The fourth-order valence-electron chi connectivity index (χ4n) is 5.31. The van der Waals surface area contributed by atoms with Crippen molar-refractivity contribution in [3.63, 3.8) is 0 Å². The molecule has 0 atom stereocenters. The van der Waals surface area contributed by atoms with Crippen LogP contribution in [-0.2, 0) is 19.5 Å². The maximum Gasteiger partial charge on any atom is 0.292 e. The van der Waals surface area contributed by atoms with Crippen LogP contribution in [0.2, 0.25) is 0 Å². The highest BCUT2D eigenvalue weighted by molar-refractivity contribution is 7.23. The molecular weight excluding hydrogens is 539 g/mol. The van der Waals surface area contributed by atoms with Crippen LogP contribution in [0, 0.1) is 0 Å².